The third kappa shape index (κ3) is 4.89. The summed E-state index contributed by atoms with van der Waals surface area (Å²) in [5.74, 6) is 0.738. The Morgan fingerprint density at radius 1 is 1.08 bits per heavy atom. The second-order valence-corrected chi connectivity index (χ2v) is 5.64. The van der Waals surface area contributed by atoms with E-state index in [0.717, 1.165) is 17.7 Å². The molecule has 2 aromatic carbocycles. The highest BCUT2D eigenvalue weighted by molar-refractivity contribution is 5.90. The normalized spacial score (nSPS) is 11.0. The summed E-state index contributed by atoms with van der Waals surface area (Å²) >= 11 is 0. The van der Waals surface area contributed by atoms with Gasteiger partial charge in [-0.25, -0.2) is 10.5 Å². The van der Waals surface area contributed by atoms with Crippen LogP contribution in [0.25, 0.3) is 17.4 Å². The highest BCUT2D eigenvalue weighted by Gasteiger charge is 2.06. The number of carbonyl (C=O) groups is 1. The quantitative estimate of drug-likeness (QED) is 0.346. The van der Waals surface area contributed by atoms with Gasteiger partial charge in [0.1, 0.15) is 0 Å². The summed E-state index contributed by atoms with van der Waals surface area (Å²) in [6.07, 6.45) is 4.55. The zero-order valence-electron chi connectivity index (χ0n) is 14.1. The molecular weight excluding hydrogens is 330 g/mol. The van der Waals surface area contributed by atoms with Crippen LogP contribution in [0.1, 0.15) is 17.0 Å². The van der Waals surface area contributed by atoms with Crippen molar-refractivity contribution in [3.63, 3.8) is 0 Å². The molecule has 3 N–H and O–H groups in total. The van der Waals surface area contributed by atoms with Gasteiger partial charge in [0.25, 0.3) is 5.91 Å². The molecule has 0 aliphatic carbocycles. The van der Waals surface area contributed by atoms with Gasteiger partial charge in [-0.3, -0.25) is 10.0 Å². The Labute approximate surface area is 151 Å². The number of rotatable bonds is 7. The molecule has 3 aromatic rings. The maximum absolute atomic E-state index is 11.0. The zero-order valence-corrected chi connectivity index (χ0v) is 14.1. The lowest BCUT2D eigenvalue weighted by Crippen LogP contribution is -2.14. The summed E-state index contributed by atoms with van der Waals surface area (Å²) in [5, 5.41) is 11.8. The van der Waals surface area contributed by atoms with Gasteiger partial charge < -0.3 is 9.73 Å². The molecule has 0 atom stereocenters. The third-order valence-corrected chi connectivity index (χ3v) is 3.73. The first-order chi connectivity index (χ1) is 12.7. The molecule has 1 aromatic heterocycles. The van der Waals surface area contributed by atoms with Crippen LogP contribution in [0.4, 0.5) is 0 Å². The topological polar surface area (TPSA) is 87.4 Å². The molecule has 0 aliphatic heterocycles. The number of benzene rings is 2. The van der Waals surface area contributed by atoms with Gasteiger partial charge in [-0.1, -0.05) is 54.6 Å². The van der Waals surface area contributed by atoms with E-state index in [4.69, 9.17) is 9.62 Å². The van der Waals surface area contributed by atoms with Crippen molar-refractivity contribution in [2.24, 2.45) is 0 Å². The minimum Gasteiger partial charge on any atom is -0.439 e. The Hall–Kier alpha value is -3.22. The summed E-state index contributed by atoms with van der Waals surface area (Å²) in [4.78, 5) is 15.3. The van der Waals surface area contributed by atoms with E-state index in [1.54, 1.807) is 17.8 Å². The van der Waals surface area contributed by atoms with E-state index in [1.807, 2.05) is 42.5 Å². The number of amides is 1. The van der Waals surface area contributed by atoms with Gasteiger partial charge in [0, 0.05) is 18.2 Å². The summed E-state index contributed by atoms with van der Waals surface area (Å²) in [6, 6.07) is 17.6. The number of hydroxylamine groups is 1. The molecule has 26 heavy (non-hydrogen) atoms. The van der Waals surface area contributed by atoms with Gasteiger partial charge in [-0.2, -0.15) is 0 Å². The SMILES string of the molecule is O=C(C=Cc1ccc(-c2cnc(CNCc3ccccc3)o2)cc1)NO. The molecule has 6 heteroatoms. The summed E-state index contributed by atoms with van der Waals surface area (Å²) < 4.78 is 5.77. The smallest absolute Gasteiger partial charge is 0.267 e. The van der Waals surface area contributed by atoms with Crippen molar-refractivity contribution < 1.29 is 14.4 Å². The van der Waals surface area contributed by atoms with Crippen LogP contribution >= 0.6 is 0 Å². The van der Waals surface area contributed by atoms with Crippen LogP contribution in [0, 0.1) is 0 Å². The molecule has 132 valence electrons. The van der Waals surface area contributed by atoms with Gasteiger partial charge in [0.05, 0.1) is 12.7 Å². The third-order valence-electron chi connectivity index (χ3n) is 3.73. The lowest BCUT2D eigenvalue weighted by atomic mass is 10.1. The molecule has 1 amide bonds. The fourth-order valence-electron chi connectivity index (χ4n) is 2.40. The number of nitrogens with one attached hydrogen (secondary N) is 2. The van der Waals surface area contributed by atoms with Crippen LogP contribution in [-0.2, 0) is 17.9 Å². The standard InChI is InChI=1S/C20H19N3O3/c24-19(23-25)11-8-15-6-9-17(10-7-15)18-13-22-20(26-18)14-21-12-16-4-2-1-3-5-16/h1-11,13,21,25H,12,14H2,(H,23,24). The molecule has 1 heterocycles. The number of hydrogen-bond acceptors (Lipinski definition) is 5. The molecule has 0 bridgehead atoms. The van der Waals surface area contributed by atoms with Crippen molar-refractivity contribution in [1.29, 1.82) is 0 Å². The molecule has 3 rings (SSSR count). The molecule has 0 radical (unpaired) electrons. The minimum absolute atomic E-state index is 0.548. The van der Waals surface area contributed by atoms with E-state index in [-0.39, 0.29) is 0 Å². The highest BCUT2D eigenvalue weighted by atomic mass is 16.5. The van der Waals surface area contributed by atoms with Crippen LogP contribution in [0.2, 0.25) is 0 Å². The van der Waals surface area contributed by atoms with Crippen LogP contribution in [0.3, 0.4) is 0 Å². The second-order valence-electron chi connectivity index (χ2n) is 5.64. The van der Waals surface area contributed by atoms with Crippen molar-refractivity contribution in [3.8, 4) is 11.3 Å². The predicted octanol–water partition coefficient (Wildman–Crippen LogP) is 3.15. The van der Waals surface area contributed by atoms with Gasteiger partial charge in [0.15, 0.2) is 5.76 Å². The van der Waals surface area contributed by atoms with Crippen molar-refractivity contribution in [2.75, 3.05) is 0 Å². The summed E-state index contributed by atoms with van der Waals surface area (Å²) in [5.41, 5.74) is 4.49. The van der Waals surface area contributed by atoms with Gasteiger partial charge in [-0.05, 0) is 17.2 Å². The van der Waals surface area contributed by atoms with E-state index >= 15 is 0 Å². The zero-order chi connectivity index (χ0) is 18.2. The van der Waals surface area contributed by atoms with Crippen molar-refractivity contribution in [2.45, 2.75) is 13.1 Å². The van der Waals surface area contributed by atoms with E-state index in [0.29, 0.717) is 18.2 Å². The molecule has 0 saturated heterocycles. The number of oxazole rings is 1. The van der Waals surface area contributed by atoms with E-state index < -0.39 is 5.91 Å². The minimum atomic E-state index is -0.572. The van der Waals surface area contributed by atoms with Crippen molar-refractivity contribution >= 4 is 12.0 Å². The van der Waals surface area contributed by atoms with E-state index in [2.05, 4.69) is 22.4 Å². The van der Waals surface area contributed by atoms with Crippen LogP contribution < -0.4 is 10.8 Å². The monoisotopic (exact) mass is 349 g/mol. The number of hydrogen-bond donors (Lipinski definition) is 3. The van der Waals surface area contributed by atoms with E-state index in [9.17, 15) is 4.79 Å². The second kappa shape index (κ2) is 8.75. The van der Waals surface area contributed by atoms with Crippen LogP contribution in [-0.4, -0.2) is 16.1 Å². The molecule has 0 saturated carbocycles. The molecule has 0 unspecified atom stereocenters. The van der Waals surface area contributed by atoms with Gasteiger partial charge in [-0.15, -0.1) is 0 Å². The first kappa shape index (κ1) is 17.6. The fourth-order valence-corrected chi connectivity index (χ4v) is 2.40. The Morgan fingerprint density at radius 3 is 2.58 bits per heavy atom. The summed E-state index contributed by atoms with van der Waals surface area (Å²) in [7, 11) is 0. The lowest BCUT2D eigenvalue weighted by molar-refractivity contribution is -0.124. The average Bonchev–Trinajstić information content (AvgIpc) is 3.16. The maximum atomic E-state index is 11.0. The Morgan fingerprint density at radius 2 is 1.85 bits per heavy atom. The Bertz CT molecular complexity index is 871. The highest BCUT2D eigenvalue weighted by Crippen LogP contribution is 2.21. The fraction of sp³-hybridized carbons (Fsp3) is 0.100. The first-order valence-corrected chi connectivity index (χ1v) is 8.16. The Kier molecular flexibility index (Phi) is 5.92. The molecule has 0 fully saturated rings. The lowest BCUT2D eigenvalue weighted by Gasteiger charge is -2.02. The molecule has 0 aliphatic rings. The molecular formula is C20H19N3O3. The largest absolute Gasteiger partial charge is 0.439 e. The number of nitrogens with zero attached hydrogens (tertiary/aromatic N) is 1. The number of aromatic nitrogens is 1. The van der Waals surface area contributed by atoms with Crippen molar-refractivity contribution in [1.82, 2.24) is 15.8 Å². The number of carbonyl (C=O) groups excluding carboxylic acids is 1. The first-order valence-electron chi connectivity index (χ1n) is 8.16. The Balaban J connectivity index is 1.57. The van der Waals surface area contributed by atoms with E-state index in [1.165, 1.54) is 11.6 Å². The average molecular weight is 349 g/mol. The van der Waals surface area contributed by atoms with Gasteiger partial charge >= 0.3 is 0 Å². The van der Waals surface area contributed by atoms with Crippen molar-refractivity contribution in [3.05, 3.63) is 83.9 Å². The molecule has 6 nitrogen and oxygen atoms in total. The van der Waals surface area contributed by atoms with Gasteiger partial charge in [0.2, 0.25) is 5.89 Å². The molecule has 0 spiro atoms. The van der Waals surface area contributed by atoms with Crippen LogP contribution in [0.15, 0.2) is 71.3 Å². The van der Waals surface area contributed by atoms with Crippen LogP contribution in [0.5, 0.6) is 0 Å². The maximum Gasteiger partial charge on any atom is 0.267 e. The predicted molar refractivity (Wildman–Crippen MR) is 97.9 cm³/mol. The summed E-state index contributed by atoms with van der Waals surface area (Å²) in [6.45, 7) is 1.30.